The number of amides is 3. The zero-order valence-corrected chi connectivity index (χ0v) is 26.4. The molecule has 0 bridgehead atoms. The van der Waals surface area contributed by atoms with Gasteiger partial charge in [0.1, 0.15) is 16.8 Å². The SMILES string of the molecule is Cc1cc([N+](=O)[O-])ccc1NC(=O)C(Sc1cccc(NC(=O)/C(=C/c2ccccc2F)NC(=O)c2ccccc2)c1)c1ccccc1. The molecular formula is C37H29FN4O5S. The Morgan fingerprint density at radius 2 is 1.50 bits per heavy atom. The van der Waals surface area contributed by atoms with Gasteiger partial charge in [-0.05, 0) is 66.6 Å². The fourth-order valence-electron chi connectivity index (χ4n) is 4.67. The number of nitrogens with zero attached hydrogens (tertiary/aromatic N) is 1. The van der Waals surface area contributed by atoms with Gasteiger partial charge in [0, 0.05) is 39.5 Å². The summed E-state index contributed by atoms with van der Waals surface area (Å²) in [6.45, 7) is 1.68. The van der Waals surface area contributed by atoms with Crippen molar-refractivity contribution >= 4 is 52.6 Å². The van der Waals surface area contributed by atoms with Crippen molar-refractivity contribution in [3.05, 3.63) is 171 Å². The maximum atomic E-state index is 14.5. The van der Waals surface area contributed by atoms with Crippen LogP contribution < -0.4 is 16.0 Å². The highest BCUT2D eigenvalue weighted by atomic mass is 32.2. The first kappa shape index (κ1) is 33.3. The first-order chi connectivity index (χ1) is 23.2. The van der Waals surface area contributed by atoms with Crippen LogP contribution in [0.5, 0.6) is 0 Å². The van der Waals surface area contributed by atoms with Crippen molar-refractivity contribution in [1.82, 2.24) is 5.32 Å². The predicted octanol–water partition coefficient (Wildman–Crippen LogP) is 7.92. The average molecular weight is 661 g/mol. The minimum atomic E-state index is -0.728. The summed E-state index contributed by atoms with van der Waals surface area (Å²) < 4.78 is 14.5. The Kier molecular flexibility index (Phi) is 10.7. The maximum Gasteiger partial charge on any atom is 0.272 e. The van der Waals surface area contributed by atoms with Gasteiger partial charge in [0.05, 0.1) is 4.92 Å². The standard InChI is InChI=1S/C37H29FN4O5S/c1-24-21-29(42(46)47)19-20-32(24)40-37(45)34(25-11-4-2-5-12-25)48-30-17-10-16-28(23-30)39-36(44)33(22-27-15-8-9-18-31(27)38)41-35(43)26-13-6-3-7-14-26/h2-23,34H,1H3,(H,39,44)(H,40,45)(H,41,43)/b33-22-. The second-order valence-electron chi connectivity index (χ2n) is 10.5. The molecule has 0 spiro atoms. The third-order valence-corrected chi connectivity index (χ3v) is 8.35. The minimum absolute atomic E-state index is 0.0788. The summed E-state index contributed by atoms with van der Waals surface area (Å²) in [4.78, 5) is 51.5. The molecule has 1 atom stereocenters. The van der Waals surface area contributed by atoms with Crippen LogP contribution in [0.2, 0.25) is 0 Å². The molecule has 0 aliphatic heterocycles. The van der Waals surface area contributed by atoms with Crippen molar-refractivity contribution in [2.75, 3.05) is 10.6 Å². The predicted molar refractivity (Wildman–Crippen MR) is 185 cm³/mol. The number of hydrogen-bond donors (Lipinski definition) is 3. The van der Waals surface area contributed by atoms with Crippen LogP contribution in [0.3, 0.4) is 0 Å². The maximum absolute atomic E-state index is 14.5. The molecule has 9 nitrogen and oxygen atoms in total. The van der Waals surface area contributed by atoms with Gasteiger partial charge in [0.25, 0.3) is 17.5 Å². The molecule has 0 aromatic heterocycles. The van der Waals surface area contributed by atoms with E-state index in [2.05, 4.69) is 16.0 Å². The van der Waals surface area contributed by atoms with Gasteiger partial charge in [0.2, 0.25) is 5.91 Å². The Bertz CT molecular complexity index is 2000. The smallest absolute Gasteiger partial charge is 0.272 e. The molecule has 0 aliphatic rings. The first-order valence-electron chi connectivity index (χ1n) is 14.7. The van der Waals surface area contributed by atoms with E-state index in [1.54, 1.807) is 67.6 Å². The second-order valence-corrected chi connectivity index (χ2v) is 11.7. The fraction of sp³-hybridized carbons (Fsp3) is 0.0541. The van der Waals surface area contributed by atoms with E-state index >= 15 is 0 Å². The van der Waals surface area contributed by atoms with Gasteiger partial charge in [-0.2, -0.15) is 0 Å². The van der Waals surface area contributed by atoms with Gasteiger partial charge >= 0.3 is 0 Å². The summed E-state index contributed by atoms with van der Waals surface area (Å²) in [5, 5.41) is 18.7. The third-order valence-electron chi connectivity index (χ3n) is 7.10. The summed E-state index contributed by atoms with van der Waals surface area (Å²) in [7, 11) is 0. The number of thioether (sulfide) groups is 1. The number of nitrogens with one attached hydrogen (secondary N) is 3. The van der Waals surface area contributed by atoms with Crippen molar-refractivity contribution in [1.29, 1.82) is 0 Å². The quantitative estimate of drug-likeness (QED) is 0.0571. The molecule has 0 saturated heterocycles. The normalized spacial score (nSPS) is 11.7. The van der Waals surface area contributed by atoms with E-state index in [4.69, 9.17) is 0 Å². The fourth-order valence-corrected chi connectivity index (χ4v) is 5.76. The molecule has 5 aromatic rings. The van der Waals surface area contributed by atoms with E-state index in [0.29, 0.717) is 33.0 Å². The van der Waals surface area contributed by atoms with E-state index in [0.717, 1.165) is 0 Å². The van der Waals surface area contributed by atoms with Crippen molar-refractivity contribution in [3.63, 3.8) is 0 Å². The summed E-state index contributed by atoms with van der Waals surface area (Å²) in [5.74, 6) is -2.14. The topological polar surface area (TPSA) is 130 Å². The molecule has 11 heteroatoms. The van der Waals surface area contributed by atoms with Crippen molar-refractivity contribution in [2.24, 2.45) is 0 Å². The summed E-state index contributed by atoms with van der Waals surface area (Å²) >= 11 is 1.24. The van der Waals surface area contributed by atoms with Crippen molar-refractivity contribution < 1.29 is 23.7 Å². The lowest BCUT2D eigenvalue weighted by atomic mass is 10.1. The molecule has 0 fully saturated rings. The lowest BCUT2D eigenvalue weighted by Crippen LogP contribution is -2.30. The molecule has 3 N–H and O–H groups in total. The van der Waals surface area contributed by atoms with Gasteiger partial charge in [-0.1, -0.05) is 72.8 Å². The zero-order chi connectivity index (χ0) is 34.0. The molecule has 5 rings (SSSR count). The van der Waals surface area contributed by atoms with E-state index in [1.807, 2.05) is 30.3 Å². The van der Waals surface area contributed by atoms with Gasteiger partial charge in [-0.15, -0.1) is 11.8 Å². The monoisotopic (exact) mass is 660 g/mol. The number of rotatable bonds is 11. The third kappa shape index (κ3) is 8.59. The Balaban J connectivity index is 1.38. The zero-order valence-electron chi connectivity index (χ0n) is 25.6. The van der Waals surface area contributed by atoms with Gasteiger partial charge in [0.15, 0.2) is 0 Å². The van der Waals surface area contributed by atoms with Crippen LogP contribution in [0.15, 0.2) is 138 Å². The summed E-state index contributed by atoms with van der Waals surface area (Å²) in [6, 6.07) is 34.4. The molecule has 0 saturated carbocycles. The number of hydrogen-bond acceptors (Lipinski definition) is 6. The molecule has 1 unspecified atom stereocenters. The first-order valence-corrected chi connectivity index (χ1v) is 15.6. The Labute approximate surface area is 280 Å². The van der Waals surface area contributed by atoms with E-state index in [9.17, 15) is 28.9 Å². The largest absolute Gasteiger partial charge is 0.325 e. The number of benzene rings is 5. The van der Waals surface area contributed by atoms with Crippen LogP contribution in [0.4, 0.5) is 21.5 Å². The summed E-state index contributed by atoms with van der Waals surface area (Å²) in [5.41, 5.74) is 2.25. The molecule has 48 heavy (non-hydrogen) atoms. The molecule has 3 amide bonds. The second kappa shape index (κ2) is 15.5. The van der Waals surface area contributed by atoms with Crippen LogP contribution in [0, 0.1) is 22.9 Å². The van der Waals surface area contributed by atoms with Crippen molar-refractivity contribution in [2.45, 2.75) is 17.1 Å². The number of carbonyl (C=O) groups excluding carboxylic acids is 3. The Hall–Kier alpha value is -6.07. The molecule has 5 aromatic carbocycles. The highest BCUT2D eigenvalue weighted by molar-refractivity contribution is 8.00. The number of anilines is 2. The average Bonchev–Trinajstić information content (AvgIpc) is 3.09. The number of carbonyl (C=O) groups is 3. The number of aryl methyl sites for hydroxylation is 1. The lowest BCUT2D eigenvalue weighted by Gasteiger charge is -2.18. The van der Waals surface area contributed by atoms with Crippen molar-refractivity contribution in [3.8, 4) is 0 Å². The Morgan fingerprint density at radius 1 is 0.812 bits per heavy atom. The van der Waals surface area contributed by atoms with E-state index in [1.165, 1.54) is 54.2 Å². The molecule has 0 aliphatic carbocycles. The van der Waals surface area contributed by atoms with E-state index in [-0.39, 0.29) is 22.9 Å². The molecule has 240 valence electrons. The van der Waals surface area contributed by atoms with Crippen LogP contribution in [-0.4, -0.2) is 22.6 Å². The van der Waals surface area contributed by atoms with Crippen LogP contribution in [0.1, 0.15) is 32.3 Å². The van der Waals surface area contributed by atoms with Crippen LogP contribution >= 0.6 is 11.8 Å². The summed E-state index contributed by atoms with van der Waals surface area (Å²) in [6.07, 6.45) is 1.26. The highest BCUT2D eigenvalue weighted by Crippen LogP contribution is 2.37. The lowest BCUT2D eigenvalue weighted by molar-refractivity contribution is -0.384. The highest BCUT2D eigenvalue weighted by Gasteiger charge is 2.24. The Morgan fingerprint density at radius 3 is 2.19 bits per heavy atom. The number of halogens is 1. The van der Waals surface area contributed by atoms with Crippen LogP contribution in [0.25, 0.3) is 6.08 Å². The van der Waals surface area contributed by atoms with Gasteiger partial charge in [-0.25, -0.2) is 4.39 Å². The molecular weight excluding hydrogens is 631 g/mol. The van der Waals surface area contributed by atoms with E-state index < -0.39 is 27.8 Å². The number of non-ortho nitro benzene ring substituents is 1. The van der Waals surface area contributed by atoms with Gasteiger partial charge in [-0.3, -0.25) is 24.5 Å². The number of nitro groups is 1. The molecule has 0 heterocycles. The van der Waals surface area contributed by atoms with Gasteiger partial charge < -0.3 is 16.0 Å². The number of nitro benzene ring substituents is 1. The minimum Gasteiger partial charge on any atom is -0.325 e. The molecule has 0 radical (unpaired) electrons. The van der Waals surface area contributed by atoms with Crippen LogP contribution in [-0.2, 0) is 9.59 Å².